The zero-order valence-corrected chi connectivity index (χ0v) is 9.78. The van der Waals surface area contributed by atoms with Gasteiger partial charge in [-0.15, -0.1) is 0 Å². The number of aromatic nitrogens is 4. The van der Waals surface area contributed by atoms with Gasteiger partial charge in [0.1, 0.15) is 24.4 Å². The zero-order valence-electron chi connectivity index (χ0n) is 9.78. The highest BCUT2D eigenvalue weighted by Crippen LogP contribution is 2.11. The van der Waals surface area contributed by atoms with E-state index in [-0.39, 0.29) is 12.3 Å². The van der Waals surface area contributed by atoms with E-state index in [1.807, 2.05) is 6.92 Å². The van der Waals surface area contributed by atoms with E-state index in [4.69, 9.17) is 9.84 Å². The van der Waals surface area contributed by atoms with E-state index in [0.717, 1.165) is 6.54 Å². The van der Waals surface area contributed by atoms with Crippen LogP contribution in [0.15, 0.2) is 24.7 Å². The SMILES string of the molecule is CCn1ncnc1COc1ccc(C(=O)O)nc1. The maximum absolute atomic E-state index is 10.6. The summed E-state index contributed by atoms with van der Waals surface area (Å²) < 4.78 is 7.17. The van der Waals surface area contributed by atoms with Crippen molar-refractivity contribution in [2.24, 2.45) is 0 Å². The summed E-state index contributed by atoms with van der Waals surface area (Å²) in [5.74, 6) is 0.137. The first-order valence-electron chi connectivity index (χ1n) is 5.39. The molecule has 0 radical (unpaired) electrons. The van der Waals surface area contributed by atoms with Gasteiger partial charge >= 0.3 is 5.97 Å². The third-order valence-electron chi connectivity index (χ3n) is 2.32. The Labute approximate surface area is 103 Å². The van der Waals surface area contributed by atoms with Crippen molar-refractivity contribution in [2.45, 2.75) is 20.1 Å². The zero-order chi connectivity index (χ0) is 13.0. The van der Waals surface area contributed by atoms with Crippen molar-refractivity contribution in [1.29, 1.82) is 0 Å². The van der Waals surface area contributed by atoms with Gasteiger partial charge in [-0.05, 0) is 19.1 Å². The molecular formula is C11H12N4O3. The van der Waals surface area contributed by atoms with Crippen molar-refractivity contribution in [3.63, 3.8) is 0 Å². The third kappa shape index (κ3) is 2.62. The molecule has 2 heterocycles. The molecule has 0 amide bonds. The van der Waals surface area contributed by atoms with Crippen LogP contribution < -0.4 is 4.74 Å². The van der Waals surface area contributed by atoms with Crippen LogP contribution in [0.3, 0.4) is 0 Å². The van der Waals surface area contributed by atoms with Gasteiger partial charge in [-0.3, -0.25) is 0 Å². The number of pyridine rings is 1. The summed E-state index contributed by atoms with van der Waals surface area (Å²) in [6.07, 6.45) is 2.84. The van der Waals surface area contributed by atoms with Crippen LogP contribution in [-0.4, -0.2) is 30.8 Å². The quantitative estimate of drug-likeness (QED) is 0.847. The fourth-order valence-electron chi connectivity index (χ4n) is 1.40. The number of hydrogen-bond donors (Lipinski definition) is 1. The van der Waals surface area contributed by atoms with Gasteiger partial charge in [0.2, 0.25) is 0 Å². The summed E-state index contributed by atoms with van der Waals surface area (Å²) in [6.45, 7) is 2.94. The molecule has 0 saturated carbocycles. The molecule has 0 saturated heterocycles. The molecule has 18 heavy (non-hydrogen) atoms. The van der Waals surface area contributed by atoms with Crippen molar-refractivity contribution < 1.29 is 14.6 Å². The first kappa shape index (κ1) is 12.0. The summed E-state index contributed by atoms with van der Waals surface area (Å²) >= 11 is 0. The molecule has 7 heteroatoms. The molecule has 0 fully saturated rings. The van der Waals surface area contributed by atoms with Crippen molar-refractivity contribution in [3.8, 4) is 5.75 Å². The molecule has 2 aromatic heterocycles. The van der Waals surface area contributed by atoms with Crippen LogP contribution >= 0.6 is 0 Å². The Morgan fingerprint density at radius 3 is 2.89 bits per heavy atom. The van der Waals surface area contributed by atoms with Crippen LogP contribution in [0.25, 0.3) is 0 Å². The van der Waals surface area contributed by atoms with Gasteiger partial charge < -0.3 is 9.84 Å². The molecule has 2 rings (SSSR count). The lowest BCUT2D eigenvalue weighted by atomic mass is 10.3. The van der Waals surface area contributed by atoms with Gasteiger partial charge in [0.05, 0.1) is 6.20 Å². The number of ether oxygens (including phenoxy) is 1. The van der Waals surface area contributed by atoms with Gasteiger partial charge in [0, 0.05) is 6.54 Å². The van der Waals surface area contributed by atoms with Crippen LogP contribution in [-0.2, 0) is 13.2 Å². The summed E-state index contributed by atoms with van der Waals surface area (Å²) in [5.41, 5.74) is -0.0147. The monoisotopic (exact) mass is 248 g/mol. The minimum Gasteiger partial charge on any atom is -0.484 e. The average Bonchev–Trinajstić information content (AvgIpc) is 2.84. The minimum atomic E-state index is -1.06. The van der Waals surface area contributed by atoms with E-state index in [2.05, 4.69) is 15.1 Å². The lowest BCUT2D eigenvalue weighted by Crippen LogP contribution is -2.07. The predicted octanol–water partition coefficient (Wildman–Crippen LogP) is 0.970. The summed E-state index contributed by atoms with van der Waals surface area (Å²) in [4.78, 5) is 18.4. The Bertz CT molecular complexity index is 535. The summed E-state index contributed by atoms with van der Waals surface area (Å²) in [7, 11) is 0. The van der Waals surface area contributed by atoms with Gasteiger partial charge in [-0.1, -0.05) is 0 Å². The normalized spacial score (nSPS) is 10.3. The first-order chi connectivity index (χ1) is 8.70. The van der Waals surface area contributed by atoms with Gasteiger partial charge in [0.25, 0.3) is 0 Å². The van der Waals surface area contributed by atoms with Gasteiger partial charge in [-0.2, -0.15) is 5.10 Å². The number of carbonyl (C=O) groups is 1. The molecule has 0 aliphatic rings. The molecule has 0 aliphatic heterocycles. The highest BCUT2D eigenvalue weighted by molar-refractivity contribution is 5.85. The van der Waals surface area contributed by atoms with E-state index in [0.29, 0.717) is 11.6 Å². The molecule has 0 spiro atoms. The Morgan fingerprint density at radius 1 is 1.44 bits per heavy atom. The number of rotatable bonds is 5. The maximum Gasteiger partial charge on any atom is 0.354 e. The highest BCUT2D eigenvalue weighted by Gasteiger charge is 2.06. The van der Waals surface area contributed by atoms with E-state index in [1.54, 1.807) is 10.7 Å². The van der Waals surface area contributed by atoms with Crippen molar-refractivity contribution in [1.82, 2.24) is 19.7 Å². The van der Waals surface area contributed by atoms with Crippen LogP contribution in [0.5, 0.6) is 5.75 Å². The third-order valence-corrected chi connectivity index (χ3v) is 2.32. The number of hydrogen-bond acceptors (Lipinski definition) is 5. The van der Waals surface area contributed by atoms with E-state index in [1.165, 1.54) is 18.6 Å². The molecule has 94 valence electrons. The maximum atomic E-state index is 10.6. The molecule has 0 bridgehead atoms. The van der Waals surface area contributed by atoms with E-state index in [9.17, 15) is 4.79 Å². The summed E-state index contributed by atoms with van der Waals surface area (Å²) in [6, 6.07) is 2.95. The Morgan fingerprint density at radius 2 is 2.28 bits per heavy atom. The van der Waals surface area contributed by atoms with Crippen molar-refractivity contribution >= 4 is 5.97 Å². The highest BCUT2D eigenvalue weighted by atomic mass is 16.5. The van der Waals surface area contributed by atoms with Crippen LogP contribution in [0.2, 0.25) is 0 Å². The molecule has 7 nitrogen and oxygen atoms in total. The molecule has 1 N–H and O–H groups in total. The number of aryl methyl sites for hydroxylation is 1. The Kier molecular flexibility index (Phi) is 3.52. The van der Waals surface area contributed by atoms with Crippen molar-refractivity contribution in [2.75, 3.05) is 0 Å². The molecule has 0 aromatic carbocycles. The lowest BCUT2D eigenvalue weighted by molar-refractivity contribution is 0.0690. The second kappa shape index (κ2) is 5.26. The van der Waals surface area contributed by atoms with Gasteiger partial charge in [-0.25, -0.2) is 19.4 Å². The number of aromatic carboxylic acids is 1. The van der Waals surface area contributed by atoms with Crippen LogP contribution in [0.4, 0.5) is 0 Å². The first-order valence-corrected chi connectivity index (χ1v) is 5.39. The fourth-order valence-corrected chi connectivity index (χ4v) is 1.40. The number of carboxylic acids is 1. The Hall–Kier alpha value is -2.44. The molecule has 0 aliphatic carbocycles. The minimum absolute atomic E-state index is 0.0147. The molecule has 0 unspecified atom stereocenters. The lowest BCUT2D eigenvalue weighted by Gasteiger charge is -2.06. The average molecular weight is 248 g/mol. The van der Waals surface area contributed by atoms with E-state index < -0.39 is 5.97 Å². The standard InChI is InChI=1S/C11H12N4O3/c1-2-15-10(13-7-14-15)6-18-8-3-4-9(11(16)17)12-5-8/h3-5,7H,2,6H2,1H3,(H,16,17). The van der Waals surface area contributed by atoms with E-state index >= 15 is 0 Å². The predicted molar refractivity (Wildman–Crippen MR) is 61.2 cm³/mol. The van der Waals surface area contributed by atoms with Crippen LogP contribution in [0.1, 0.15) is 23.2 Å². The fraction of sp³-hybridized carbons (Fsp3) is 0.273. The summed E-state index contributed by atoms with van der Waals surface area (Å²) in [5, 5.41) is 12.7. The Balaban J connectivity index is 2.00. The van der Waals surface area contributed by atoms with Crippen LogP contribution in [0, 0.1) is 0 Å². The molecule has 0 atom stereocenters. The molecule has 2 aromatic rings. The smallest absolute Gasteiger partial charge is 0.354 e. The number of nitrogens with zero attached hydrogens (tertiary/aromatic N) is 4. The molecular weight excluding hydrogens is 236 g/mol. The second-order valence-electron chi connectivity index (χ2n) is 3.46. The topological polar surface area (TPSA) is 90.1 Å². The second-order valence-corrected chi connectivity index (χ2v) is 3.46. The van der Waals surface area contributed by atoms with Gasteiger partial charge in [0.15, 0.2) is 5.82 Å². The number of carboxylic acid groups (broad SMARTS) is 1. The largest absolute Gasteiger partial charge is 0.484 e. The van der Waals surface area contributed by atoms with Crippen molar-refractivity contribution in [3.05, 3.63) is 36.2 Å².